The number of amides is 1. The molecule has 1 amide bonds. The van der Waals surface area contributed by atoms with Crippen LogP contribution < -0.4 is 0 Å². The molecule has 0 atom stereocenters. The van der Waals surface area contributed by atoms with E-state index in [9.17, 15) is 9.59 Å². The van der Waals surface area contributed by atoms with E-state index in [0.29, 0.717) is 31.5 Å². The highest BCUT2D eigenvalue weighted by molar-refractivity contribution is 6.06. The van der Waals surface area contributed by atoms with Crippen LogP contribution in [0.2, 0.25) is 0 Å². The first-order chi connectivity index (χ1) is 17.3. The third-order valence-corrected chi connectivity index (χ3v) is 7.16. The predicted molar refractivity (Wildman–Crippen MR) is 142 cm³/mol. The topological polar surface area (TPSA) is 68.1 Å². The average molecular weight is 481 g/mol. The maximum absolute atomic E-state index is 13.8. The highest BCUT2D eigenvalue weighted by atomic mass is 16.2. The Morgan fingerprint density at radius 2 is 1.67 bits per heavy atom. The first-order valence-electron chi connectivity index (χ1n) is 12.7. The molecule has 5 rings (SSSR count). The molecule has 0 aliphatic carbocycles. The van der Waals surface area contributed by atoms with E-state index in [1.54, 1.807) is 6.20 Å². The molecule has 1 aliphatic rings. The van der Waals surface area contributed by atoms with Gasteiger partial charge in [0, 0.05) is 36.2 Å². The third kappa shape index (κ3) is 4.43. The second-order valence-corrected chi connectivity index (χ2v) is 10.1. The SMILES string of the molecule is Cc1ccc(C(=O)C2CCN(C(=O)c3cc(-c4ccccc4)nc4c3cnn4C(C)C)CC2)c(C)c1. The lowest BCUT2D eigenvalue weighted by Crippen LogP contribution is -2.40. The fourth-order valence-electron chi connectivity index (χ4n) is 5.15. The number of aryl methyl sites for hydroxylation is 2. The van der Waals surface area contributed by atoms with E-state index in [0.717, 1.165) is 39.0 Å². The molecule has 0 radical (unpaired) electrons. The molecule has 0 bridgehead atoms. The van der Waals surface area contributed by atoms with Gasteiger partial charge in [0.2, 0.25) is 0 Å². The molecule has 2 aromatic heterocycles. The molecule has 0 saturated carbocycles. The van der Waals surface area contributed by atoms with Crippen LogP contribution in [0.4, 0.5) is 0 Å². The van der Waals surface area contributed by atoms with Gasteiger partial charge in [0.05, 0.1) is 22.8 Å². The van der Waals surface area contributed by atoms with Crippen LogP contribution >= 0.6 is 0 Å². The van der Waals surface area contributed by atoms with E-state index < -0.39 is 0 Å². The number of hydrogen-bond acceptors (Lipinski definition) is 4. The Kier molecular flexibility index (Phi) is 6.44. The minimum Gasteiger partial charge on any atom is -0.339 e. The summed E-state index contributed by atoms with van der Waals surface area (Å²) in [6.45, 7) is 9.27. The largest absolute Gasteiger partial charge is 0.339 e. The number of pyridine rings is 1. The van der Waals surface area contributed by atoms with Crippen LogP contribution in [0.3, 0.4) is 0 Å². The predicted octanol–water partition coefficient (Wildman–Crippen LogP) is 6.03. The summed E-state index contributed by atoms with van der Waals surface area (Å²) in [4.78, 5) is 33.7. The number of benzene rings is 2. The molecule has 36 heavy (non-hydrogen) atoms. The van der Waals surface area contributed by atoms with Crippen LogP contribution in [-0.2, 0) is 0 Å². The average Bonchev–Trinajstić information content (AvgIpc) is 3.32. The zero-order valence-electron chi connectivity index (χ0n) is 21.4. The van der Waals surface area contributed by atoms with Gasteiger partial charge in [-0.1, -0.05) is 54.1 Å². The molecule has 3 heterocycles. The van der Waals surface area contributed by atoms with Crippen LogP contribution in [0.15, 0.2) is 60.8 Å². The molecule has 1 aliphatic heterocycles. The zero-order valence-corrected chi connectivity index (χ0v) is 21.4. The van der Waals surface area contributed by atoms with Gasteiger partial charge in [0.25, 0.3) is 5.91 Å². The van der Waals surface area contributed by atoms with Crippen molar-refractivity contribution in [3.63, 3.8) is 0 Å². The van der Waals surface area contributed by atoms with E-state index in [2.05, 4.69) is 25.0 Å². The van der Waals surface area contributed by atoms with Crippen LogP contribution in [0.25, 0.3) is 22.3 Å². The molecule has 184 valence electrons. The molecule has 2 aromatic carbocycles. The van der Waals surface area contributed by atoms with Crippen LogP contribution in [0.5, 0.6) is 0 Å². The maximum atomic E-state index is 13.8. The number of carbonyl (C=O) groups is 2. The highest BCUT2D eigenvalue weighted by Gasteiger charge is 2.30. The van der Waals surface area contributed by atoms with E-state index in [1.807, 2.05) is 72.0 Å². The van der Waals surface area contributed by atoms with Gasteiger partial charge in [-0.2, -0.15) is 5.10 Å². The second kappa shape index (κ2) is 9.69. The normalized spacial score (nSPS) is 14.5. The summed E-state index contributed by atoms with van der Waals surface area (Å²) in [7, 11) is 0. The molecular formula is C30H32N4O2. The summed E-state index contributed by atoms with van der Waals surface area (Å²) in [6, 6.07) is 17.9. The van der Waals surface area contributed by atoms with Gasteiger partial charge < -0.3 is 4.90 Å². The minimum atomic E-state index is -0.0588. The molecule has 0 N–H and O–H groups in total. The number of Topliss-reactive ketones (excluding diaryl/α,β-unsaturated/α-hetero) is 1. The van der Waals surface area contributed by atoms with Gasteiger partial charge >= 0.3 is 0 Å². The number of fused-ring (bicyclic) bond motifs is 1. The fraction of sp³-hybridized carbons (Fsp3) is 0.333. The highest BCUT2D eigenvalue weighted by Crippen LogP contribution is 2.29. The summed E-state index contributed by atoms with van der Waals surface area (Å²) in [5.74, 6) is 0.104. The molecular weight excluding hydrogens is 448 g/mol. The first-order valence-corrected chi connectivity index (χ1v) is 12.7. The van der Waals surface area contributed by atoms with Crippen molar-refractivity contribution in [2.24, 2.45) is 5.92 Å². The fourth-order valence-corrected chi connectivity index (χ4v) is 5.15. The lowest BCUT2D eigenvalue weighted by Gasteiger charge is -2.32. The number of likely N-dealkylation sites (tertiary alicyclic amines) is 1. The monoisotopic (exact) mass is 480 g/mol. The zero-order chi connectivity index (χ0) is 25.4. The lowest BCUT2D eigenvalue weighted by atomic mass is 9.86. The van der Waals surface area contributed by atoms with Crippen LogP contribution in [0.1, 0.15) is 64.6 Å². The summed E-state index contributed by atoms with van der Waals surface area (Å²) >= 11 is 0. The van der Waals surface area contributed by atoms with Crippen molar-refractivity contribution in [2.45, 2.75) is 46.6 Å². The van der Waals surface area contributed by atoms with E-state index in [-0.39, 0.29) is 23.7 Å². The molecule has 0 spiro atoms. The summed E-state index contributed by atoms with van der Waals surface area (Å²) in [6.07, 6.45) is 3.09. The second-order valence-electron chi connectivity index (χ2n) is 10.1. The van der Waals surface area contributed by atoms with Crippen LogP contribution in [0, 0.1) is 19.8 Å². The van der Waals surface area contributed by atoms with E-state index in [4.69, 9.17) is 4.98 Å². The van der Waals surface area contributed by atoms with Gasteiger partial charge in [-0.25, -0.2) is 9.67 Å². The molecule has 6 heteroatoms. The van der Waals surface area contributed by atoms with Crippen LogP contribution in [-0.4, -0.2) is 44.4 Å². The number of hydrogen-bond donors (Lipinski definition) is 0. The molecule has 0 unspecified atom stereocenters. The van der Waals surface area contributed by atoms with E-state index >= 15 is 0 Å². The van der Waals surface area contributed by atoms with E-state index in [1.165, 1.54) is 0 Å². The number of ketones is 1. The Morgan fingerprint density at radius 3 is 2.33 bits per heavy atom. The van der Waals surface area contributed by atoms with Gasteiger partial charge in [-0.3, -0.25) is 9.59 Å². The van der Waals surface area contributed by atoms with Crippen molar-refractivity contribution < 1.29 is 9.59 Å². The minimum absolute atomic E-state index is 0.0275. The standard InChI is InChI=1S/C30H32N4O2/c1-19(2)34-29-26(18-31-34)25(17-27(32-29)22-8-6-5-7-9-22)30(36)33-14-12-23(13-15-33)28(35)24-11-10-20(3)16-21(24)4/h5-11,16-19,23H,12-15H2,1-4H3. The van der Waals surface area contributed by atoms with Gasteiger partial charge in [0.1, 0.15) is 0 Å². The van der Waals surface area contributed by atoms with Crippen molar-refractivity contribution in [1.29, 1.82) is 0 Å². The number of rotatable bonds is 5. The number of nitrogens with zero attached hydrogens (tertiary/aromatic N) is 4. The Hall–Kier alpha value is -3.80. The van der Waals surface area contributed by atoms with Crippen molar-refractivity contribution in [3.8, 4) is 11.3 Å². The Labute approximate surface area is 212 Å². The Bertz CT molecular complexity index is 1430. The number of piperidine rings is 1. The Morgan fingerprint density at radius 1 is 0.944 bits per heavy atom. The smallest absolute Gasteiger partial charge is 0.254 e. The first kappa shape index (κ1) is 23.9. The molecule has 1 saturated heterocycles. The number of carbonyl (C=O) groups excluding carboxylic acids is 2. The van der Waals surface area contributed by atoms with Gasteiger partial charge in [-0.05, 0) is 52.2 Å². The van der Waals surface area contributed by atoms with Crippen molar-refractivity contribution in [1.82, 2.24) is 19.7 Å². The summed E-state index contributed by atoms with van der Waals surface area (Å²) in [5, 5.41) is 5.31. The number of aromatic nitrogens is 3. The van der Waals surface area contributed by atoms with Crippen molar-refractivity contribution in [3.05, 3.63) is 83.0 Å². The Balaban J connectivity index is 1.42. The third-order valence-electron chi connectivity index (χ3n) is 7.16. The maximum Gasteiger partial charge on any atom is 0.254 e. The van der Waals surface area contributed by atoms with Gasteiger partial charge in [0.15, 0.2) is 11.4 Å². The summed E-state index contributed by atoms with van der Waals surface area (Å²) in [5.41, 5.74) is 6.03. The summed E-state index contributed by atoms with van der Waals surface area (Å²) < 4.78 is 1.87. The van der Waals surface area contributed by atoms with Crippen molar-refractivity contribution >= 4 is 22.7 Å². The van der Waals surface area contributed by atoms with Gasteiger partial charge in [-0.15, -0.1) is 0 Å². The van der Waals surface area contributed by atoms with Crippen molar-refractivity contribution in [2.75, 3.05) is 13.1 Å². The molecule has 4 aromatic rings. The molecule has 1 fully saturated rings. The quantitative estimate of drug-likeness (QED) is 0.327. The molecule has 6 nitrogen and oxygen atoms in total. The lowest BCUT2D eigenvalue weighted by molar-refractivity contribution is 0.0651.